The second kappa shape index (κ2) is 8.52. The van der Waals surface area contributed by atoms with Crippen LogP contribution in [-0.4, -0.2) is 37.2 Å². The minimum Gasteiger partial charge on any atom is -0.378 e. The highest BCUT2D eigenvalue weighted by Gasteiger charge is 2.12. The highest BCUT2D eigenvalue weighted by Crippen LogP contribution is 2.21. The summed E-state index contributed by atoms with van der Waals surface area (Å²) < 4.78 is 5.34. The Morgan fingerprint density at radius 2 is 2.00 bits per heavy atom. The van der Waals surface area contributed by atoms with Crippen molar-refractivity contribution in [2.75, 3.05) is 31.2 Å². The van der Waals surface area contributed by atoms with Crippen molar-refractivity contribution in [1.29, 1.82) is 0 Å². The van der Waals surface area contributed by atoms with E-state index in [4.69, 9.17) is 27.9 Å². The Morgan fingerprint density at radius 3 is 2.68 bits per heavy atom. The molecule has 3 rings (SSSR count). The minimum atomic E-state index is -0.0959. The lowest BCUT2D eigenvalue weighted by atomic mass is 10.1. The van der Waals surface area contributed by atoms with Gasteiger partial charge in [0.15, 0.2) is 0 Å². The van der Waals surface area contributed by atoms with Crippen molar-refractivity contribution in [2.24, 2.45) is 0 Å². The number of hydrogen-bond donors (Lipinski definition) is 1. The summed E-state index contributed by atoms with van der Waals surface area (Å²) in [6.45, 7) is 3.59. The zero-order chi connectivity index (χ0) is 17.6. The molecule has 2 heterocycles. The van der Waals surface area contributed by atoms with E-state index >= 15 is 0 Å². The van der Waals surface area contributed by atoms with E-state index in [1.54, 1.807) is 24.4 Å². The number of aromatic nitrogens is 1. The molecule has 0 radical (unpaired) electrons. The molecule has 0 unspecified atom stereocenters. The summed E-state index contributed by atoms with van der Waals surface area (Å²) in [6.07, 6.45) is 2.01. The van der Waals surface area contributed by atoms with E-state index in [0.29, 0.717) is 16.6 Å². The number of pyridine rings is 1. The first kappa shape index (κ1) is 18.0. The lowest BCUT2D eigenvalue weighted by Crippen LogP contribution is -2.36. The van der Waals surface area contributed by atoms with Gasteiger partial charge in [0.25, 0.3) is 0 Å². The lowest BCUT2D eigenvalue weighted by molar-refractivity contribution is -0.120. The summed E-state index contributed by atoms with van der Waals surface area (Å²) in [7, 11) is 0. The first-order valence-corrected chi connectivity index (χ1v) is 8.85. The quantitative estimate of drug-likeness (QED) is 0.866. The number of amides is 1. The number of benzene rings is 1. The molecule has 1 aromatic carbocycles. The second-order valence-corrected chi connectivity index (χ2v) is 6.66. The summed E-state index contributed by atoms with van der Waals surface area (Å²) in [4.78, 5) is 18.8. The van der Waals surface area contributed by atoms with Crippen LogP contribution >= 0.6 is 23.2 Å². The van der Waals surface area contributed by atoms with Crippen LogP contribution in [-0.2, 0) is 22.5 Å². The molecule has 1 fully saturated rings. The van der Waals surface area contributed by atoms with Gasteiger partial charge in [0, 0.05) is 35.9 Å². The van der Waals surface area contributed by atoms with Crippen LogP contribution in [0.5, 0.6) is 0 Å². The molecule has 1 N–H and O–H groups in total. The predicted molar refractivity (Wildman–Crippen MR) is 99.3 cm³/mol. The maximum Gasteiger partial charge on any atom is 0.224 e. The summed E-state index contributed by atoms with van der Waals surface area (Å²) in [5.41, 5.74) is 1.71. The van der Waals surface area contributed by atoms with E-state index in [2.05, 4.69) is 15.2 Å². The minimum absolute atomic E-state index is 0.0959. The molecule has 0 atom stereocenters. The van der Waals surface area contributed by atoms with Crippen LogP contribution in [0.1, 0.15) is 11.1 Å². The van der Waals surface area contributed by atoms with Crippen LogP contribution in [0.3, 0.4) is 0 Å². The summed E-state index contributed by atoms with van der Waals surface area (Å²) in [6, 6.07) is 9.09. The fourth-order valence-electron chi connectivity index (χ4n) is 2.60. The molecule has 25 heavy (non-hydrogen) atoms. The largest absolute Gasteiger partial charge is 0.378 e. The average Bonchev–Trinajstić information content (AvgIpc) is 2.63. The normalized spacial score (nSPS) is 14.4. The molecule has 132 valence electrons. The molecule has 1 saturated heterocycles. The van der Waals surface area contributed by atoms with Gasteiger partial charge in [-0.05, 0) is 29.3 Å². The van der Waals surface area contributed by atoms with E-state index in [1.807, 2.05) is 12.1 Å². The van der Waals surface area contributed by atoms with Crippen molar-refractivity contribution in [2.45, 2.75) is 13.0 Å². The Morgan fingerprint density at radius 1 is 1.20 bits per heavy atom. The smallest absolute Gasteiger partial charge is 0.224 e. The number of hydrogen-bond acceptors (Lipinski definition) is 4. The Kier molecular flexibility index (Phi) is 6.13. The lowest BCUT2D eigenvalue weighted by Gasteiger charge is -2.27. The van der Waals surface area contributed by atoms with Crippen molar-refractivity contribution in [3.05, 3.63) is 57.7 Å². The Bertz CT molecular complexity index is 732. The van der Waals surface area contributed by atoms with Crippen molar-refractivity contribution < 1.29 is 9.53 Å². The monoisotopic (exact) mass is 379 g/mol. The highest BCUT2D eigenvalue weighted by atomic mass is 35.5. The van der Waals surface area contributed by atoms with Crippen LogP contribution < -0.4 is 10.2 Å². The number of nitrogens with one attached hydrogen (secondary N) is 1. The molecule has 1 aliphatic rings. The summed E-state index contributed by atoms with van der Waals surface area (Å²) in [5.74, 6) is 0.841. The van der Waals surface area contributed by atoms with Crippen molar-refractivity contribution in [1.82, 2.24) is 10.3 Å². The Hall–Kier alpha value is -1.82. The topological polar surface area (TPSA) is 54.5 Å². The van der Waals surface area contributed by atoms with Gasteiger partial charge in [-0.3, -0.25) is 4.79 Å². The molecule has 7 heteroatoms. The average molecular weight is 380 g/mol. The standard InChI is InChI=1S/C18H19Cl2N3O2/c19-15-3-2-14(16(20)10-15)9-18(24)22-12-13-1-4-17(21-11-13)23-5-7-25-8-6-23/h1-4,10-11H,5-9,12H2,(H,22,24). The number of rotatable bonds is 5. The molecule has 0 saturated carbocycles. The summed E-state index contributed by atoms with van der Waals surface area (Å²) in [5, 5.41) is 3.94. The molecule has 0 bridgehead atoms. The first-order chi connectivity index (χ1) is 12.1. The van der Waals surface area contributed by atoms with E-state index in [9.17, 15) is 4.79 Å². The van der Waals surface area contributed by atoms with Gasteiger partial charge < -0.3 is 15.0 Å². The second-order valence-electron chi connectivity index (χ2n) is 5.81. The number of morpholine rings is 1. The molecule has 1 amide bonds. The number of nitrogens with zero attached hydrogens (tertiary/aromatic N) is 2. The number of halogens is 2. The Labute approximate surface area is 156 Å². The van der Waals surface area contributed by atoms with E-state index < -0.39 is 0 Å². The zero-order valence-corrected chi connectivity index (χ0v) is 15.2. The fraction of sp³-hybridized carbons (Fsp3) is 0.333. The van der Waals surface area contributed by atoms with Crippen molar-refractivity contribution >= 4 is 34.9 Å². The van der Waals surface area contributed by atoms with Gasteiger partial charge in [0.2, 0.25) is 5.91 Å². The SMILES string of the molecule is O=C(Cc1ccc(Cl)cc1Cl)NCc1ccc(N2CCOCC2)nc1. The maximum atomic E-state index is 12.1. The van der Waals surface area contributed by atoms with E-state index in [0.717, 1.165) is 43.2 Å². The molecule has 1 aliphatic heterocycles. The predicted octanol–water partition coefficient (Wildman–Crippen LogP) is 3.08. The van der Waals surface area contributed by atoms with Crippen LogP contribution in [0.25, 0.3) is 0 Å². The van der Waals surface area contributed by atoms with Gasteiger partial charge in [-0.1, -0.05) is 35.3 Å². The molecule has 2 aromatic rings. The van der Waals surface area contributed by atoms with Gasteiger partial charge in [-0.2, -0.15) is 0 Å². The third-order valence-electron chi connectivity index (χ3n) is 4.00. The molecule has 1 aromatic heterocycles. The third kappa shape index (κ3) is 5.08. The molecule has 0 spiro atoms. The summed E-state index contributed by atoms with van der Waals surface area (Å²) >= 11 is 12.0. The maximum absolute atomic E-state index is 12.1. The molecule has 5 nitrogen and oxygen atoms in total. The van der Waals surface area contributed by atoms with Crippen LogP contribution in [0, 0.1) is 0 Å². The Balaban J connectivity index is 1.51. The third-order valence-corrected chi connectivity index (χ3v) is 4.59. The van der Waals surface area contributed by atoms with E-state index in [1.165, 1.54) is 0 Å². The number of anilines is 1. The van der Waals surface area contributed by atoms with Crippen LogP contribution in [0.4, 0.5) is 5.82 Å². The number of carbonyl (C=O) groups is 1. The van der Waals surface area contributed by atoms with Crippen molar-refractivity contribution in [3.63, 3.8) is 0 Å². The first-order valence-electron chi connectivity index (χ1n) is 8.10. The van der Waals surface area contributed by atoms with E-state index in [-0.39, 0.29) is 12.3 Å². The van der Waals surface area contributed by atoms with Crippen LogP contribution in [0.15, 0.2) is 36.5 Å². The van der Waals surface area contributed by atoms with Gasteiger partial charge in [0.1, 0.15) is 5.82 Å². The molecule has 0 aliphatic carbocycles. The van der Waals surface area contributed by atoms with Gasteiger partial charge in [-0.15, -0.1) is 0 Å². The zero-order valence-electron chi connectivity index (χ0n) is 13.7. The fourth-order valence-corrected chi connectivity index (χ4v) is 3.08. The van der Waals surface area contributed by atoms with Crippen LogP contribution in [0.2, 0.25) is 10.0 Å². The molecular weight excluding hydrogens is 361 g/mol. The molecular formula is C18H19Cl2N3O2. The van der Waals surface area contributed by atoms with Gasteiger partial charge in [0.05, 0.1) is 19.6 Å². The number of ether oxygens (including phenoxy) is 1. The van der Waals surface area contributed by atoms with Gasteiger partial charge >= 0.3 is 0 Å². The number of carbonyl (C=O) groups excluding carboxylic acids is 1. The highest BCUT2D eigenvalue weighted by molar-refractivity contribution is 6.35. The van der Waals surface area contributed by atoms with Gasteiger partial charge in [-0.25, -0.2) is 4.98 Å². The van der Waals surface area contributed by atoms with Crippen molar-refractivity contribution in [3.8, 4) is 0 Å².